The van der Waals surface area contributed by atoms with Gasteiger partial charge in [0, 0.05) is 0 Å². The molecule has 2 bridgehead atoms. The highest BCUT2D eigenvalue weighted by Crippen LogP contribution is 2.60. The van der Waals surface area contributed by atoms with E-state index in [1.807, 2.05) is 0 Å². The summed E-state index contributed by atoms with van der Waals surface area (Å²) in [5.41, 5.74) is 0. The number of hydrogen-bond donors (Lipinski definition) is 0. The van der Waals surface area contributed by atoms with E-state index in [-0.39, 0.29) is 0 Å². The smallest absolute Gasteiger partial charge is 0.0858 e. The third-order valence-electron chi connectivity index (χ3n) is 4.02. The molecule has 10 heavy (non-hydrogen) atoms. The van der Waals surface area contributed by atoms with Crippen LogP contribution in [0.15, 0.2) is 0 Å². The highest BCUT2D eigenvalue weighted by atomic mass is 14.4. The molecule has 0 heterocycles. The van der Waals surface area contributed by atoms with Gasteiger partial charge < -0.3 is 0 Å². The van der Waals surface area contributed by atoms with Crippen molar-refractivity contribution in [2.45, 2.75) is 51.1 Å². The SMILES string of the molecule is CB(C)C12CCC(CC1)C2. The Bertz CT molecular complexity index is 132. The fraction of sp³-hybridized carbons (Fsp3) is 1.00. The van der Waals surface area contributed by atoms with Crippen molar-refractivity contribution in [2.24, 2.45) is 5.92 Å². The molecule has 0 aliphatic heterocycles. The van der Waals surface area contributed by atoms with Gasteiger partial charge in [-0.05, 0) is 5.92 Å². The van der Waals surface area contributed by atoms with E-state index in [0.29, 0.717) is 0 Å². The van der Waals surface area contributed by atoms with Gasteiger partial charge in [0.15, 0.2) is 0 Å². The molecular weight excluding hydrogens is 119 g/mol. The lowest BCUT2D eigenvalue weighted by atomic mass is 9.35. The van der Waals surface area contributed by atoms with Gasteiger partial charge in [0.05, 0.1) is 0 Å². The van der Waals surface area contributed by atoms with Crippen molar-refractivity contribution >= 4 is 6.71 Å². The van der Waals surface area contributed by atoms with Crippen molar-refractivity contribution in [3.05, 3.63) is 0 Å². The molecular formula is C9H17B. The molecule has 0 unspecified atom stereocenters. The summed E-state index contributed by atoms with van der Waals surface area (Å²) in [6.07, 6.45) is 7.71. The highest BCUT2D eigenvalue weighted by molar-refractivity contribution is 6.59. The van der Waals surface area contributed by atoms with E-state index in [1.165, 1.54) is 25.7 Å². The summed E-state index contributed by atoms with van der Waals surface area (Å²) in [7, 11) is 0. The van der Waals surface area contributed by atoms with Gasteiger partial charge in [-0.2, -0.15) is 0 Å². The van der Waals surface area contributed by atoms with Gasteiger partial charge in [0.2, 0.25) is 0 Å². The molecule has 0 amide bonds. The molecule has 2 aliphatic rings. The quantitative estimate of drug-likeness (QED) is 0.486. The maximum atomic E-state index is 2.41. The summed E-state index contributed by atoms with van der Waals surface area (Å²) in [4.78, 5) is 0. The van der Waals surface area contributed by atoms with Crippen LogP contribution < -0.4 is 0 Å². The molecule has 0 aromatic heterocycles. The molecule has 2 rings (SSSR count). The van der Waals surface area contributed by atoms with Crippen LogP contribution in [0.1, 0.15) is 32.1 Å². The zero-order valence-corrected chi connectivity index (χ0v) is 7.19. The Kier molecular flexibility index (Phi) is 1.37. The molecule has 0 radical (unpaired) electrons. The minimum Gasteiger partial charge on any atom is -0.0858 e. The van der Waals surface area contributed by atoms with Crippen LogP contribution in [0.25, 0.3) is 0 Å². The summed E-state index contributed by atoms with van der Waals surface area (Å²) in [6.45, 7) is 5.77. The lowest BCUT2D eigenvalue weighted by Crippen LogP contribution is -2.22. The van der Waals surface area contributed by atoms with Crippen LogP contribution in [0.4, 0.5) is 0 Å². The molecule has 0 N–H and O–H groups in total. The molecule has 0 spiro atoms. The molecule has 1 heteroatoms. The van der Waals surface area contributed by atoms with Crippen LogP contribution in [0.3, 0.4) is 0 Å². The molecule has 0 aromatic carbocycles. The van der Waals surface area contributed by atoms with Crippen molar-refractivity contribution in [1.29, 1.82) is 0 Å². The van der Waals surface area contributed by atoms with Crippen molar-refractivity contribution in [1.82, 2.24) is 0 Å². The zero-order valence-electron chi connectivity index (χ0n) is 7.19. The van der Waals surface area contributed by atoms with E-state index in [2.05, 4.69) is 13.6 Å². The van der Waals surface area contributed by atoms with Crippen molar-refractivity contribution in [3.63, 3.8) is 0 Å². The Labute approximate surface area is 64.5 Å². The molecule has 2 aliphatic carbocycles. The highest BCUT2D eigenvalue weighted by Gasteiger charge is 2.47. The lowest BCUT2D eigenvalue weighted by molar-refractivity contribution is 0.485. The van der Waals surface area contributed by atoms with Gasteiger partial charge in [-0.3, -0.25) is 0 Å². The third-order valence-corrected chi connectivity index (χ3v) is 4.02. The summed E-state index contributed by atoms with van der Waals surface area (Å²) in [5.74, 6) is 1.13. The van der Waals surface area contributed by atoms with Crippen molar-refractivity contribution in [3.8, 4) is 0 Å². The zero-order chi connectivity index (χ0) is 7.19. The van der Waals surface area contributed by atoms with Gasteiger partial charge in [0.25, 0.3) is 0 Å². The predicted octanol–water partition coefficient (Wildman–Crippen LogP) is 3.08. The van der Waals surface area contributed by atoms with E-state index in [4.69, 9.17) is 0 Å². The number of hydrogen-bond acceptors (Lipinski definition) is 0. The molecule has 2 fully saturated rings. The first-order chi connectivity index (χ1) is 4.73. The predicted molar refractivity (Wildman–Crippen MR) is 46.8 cm³/mol. The second kappa shape index (κ2) is 2.02. The van der Waals surface area contributed by atoms with Gasteiger partial charge >= 0.3 is 0 Å². The first-order valence-electron chi connectivity index (χ1n) is 4.73. The summed E-state index contributed by atoms with van der Waals surface area (Å²) in [5, 5.41) is 0.810. The normalized spacial score (nSPS) is 44.4. The Hall–Kier alpha value is 0.0649. The Morgan fingerprint density at radius 2 is 1.80 bits per heavy atom. The topological polar surface area (TPSA) is 0 Å². The standard InChI is InChI=1S/C9H17B/c1-10(2)9-5-3-8(7-9)4-6-9/h8H,3-7H2,1-2H3. The van der Waals surface area contributed by atoms with Crippen molar-refractivity contribution in [2.75, 3.05) is 0 Å². The fourth-order valence-corrected chi connectivity index (χ4v) is 3.05. The summed E-state index contributed by atoms with van der Waals surface area (Å²) in [6, 6.07) is 0. The monoisotopic (exact) mass is 136 g/mol. The maximum Gasteiger partial charge on any atom is 0.140 e. The largest absolute Gasteiger partial charge is 0.140 e. The molecule has 2 saturated carbocycles. The average Bonchev–Trinajstić information content (AvgIpc) is 2.45. The second-order valence-electron chi connectivity index (χ2n) is 4.66. The van der Waals surface area contributed by atoms with Crippen LogP contribution in [0, 0.1) is 5.92 Å². The van der Waals surface area contributed by atoms with Crippen LogP contribution in [0.2, 0.25) is 19.0 Å². The van der Waals surface area contributed by atoms with Crippen LogP contribution in [0.5, 0.6) is 0 Å². The molecule has 0 atom stereocenters. The van der Waals surface area contributed by atoms with E-state index in [1.54, 1.807) is 6.42 Å². The number of rotatable bonds is 1. The van der Waals surface area contributed by atoms with Crippen LogP contribution in [-0.4, -0.2) is 6.71 Å². The molecule has 0 aromatic rings. The van der Waals surface area contributed by atoms with Crippen LogP contribution >= 0.6 is 0 Å². The second-order valence-corrected chi connectivity index (χ2v) is 4.66. The van der Waals surface area contributed by atoms with Gasteiger partial charge in [0.1, 0.15) is 6.71 Å². The minimum atomic E-state index is 0.810. The maximum absolute atomic E-state index is 2.41. The molecule has 56 valence electrons. The average molecular weight is 136 g/mol. The van der Waals surface area contributed by atoms with E-state index in [0.717, 1.165) is 17.9 Å². The first kappa shape index (κ1) is 6.76. The number of fused-ring (bicyclic) bond motifs is 2. The van der Waals surface area contributed by atoms with E-state index in [9.17, 15) is 0 Å². The Morgan fingerprint density at radius 3 is 2.00 bits per heavy atom. The lowest BCUT2D eigenvalue weighted by Gasteiger charge is -2.28. The molecule has 0 saturated heterocycles. The third kappa shape index (κ3) is 0.757. The Morgan fingerprint density at radius 1 is 1.20 bits per heavy atom. The van der Waals surface area contributed by atoms with Gasteiger partial charge in [-0.25, -0.2) is 0 Å². The molecule has 0 nitrogen and oxygen atoms in total. The fourth-order valence-electron chi connectivity index (χ4n) is 3.05. The Balaban J connectivity index is 2.15. The summed E-state index contributed by atoms with van der Waals surface area (Å²) < 4.78 is 0. The van der Waals surface area contributed by atoms with Gasteiger partial charge in [-0.15, -0.1) is 0 Å². The van der Waals surface area contributed by atoms with Crippen LogP contribution in [-0.2, 0) is 0 Å². The van der Waals surface area contributed by atoms with Gasteiger partial charge in [-0.1, -0.05) is 51.1 Å². The first-order valence-corrected chi connectivity index (χ1v) is 4.73. The van der Waals surface area contributed by atoms with E-state index >= 15 is 0 Å². The van der Waals surface area contributed by atoms with E-state index < -0.39 is 0 Å². The van der Waals surface area contributed by atoms with Crippen molar-refractivity contribution < 1.29 is 0 Å². The summed E-state index contributed by atoms with van der Waals surface area (Å²) >= 11 is 0. The minimum absolute atomic E-state index is 0.810.